The molecule has 6 nitrogen and oxygen atoms in total. The minimum atomic E-state index is -0.661. The minimum Gasteiger partial charge on any atom is -0.346 e. The van der Waals surface area contributed by atoms with Gasteiger partial charge in [-0.3, -0.25) is 9.59 Å². The predicted octanol–water partition coefficient (Wildman–Crippen LogP) is 3.01. The molecule has 1 aliphatic heterocycles. The van der Waals surface area contributed by atoms with Gasteiger partial charge >= 0.3 is 0 Å². The number of fused-ring (bicyclic) bond motifs is 2. The van der Waals surface area contributed by atoms with Crippen LogP contribution in [0.3, 0.4) is 0 Å². The summed E-state index contributed by atoms with van der Waals surface area (Å²) in [6, 6.07) is 11.3. The fourth-order valence-corrected chi connectivity index (χ4v) is 3.23. The molecule has 4 rings (SSSR count). The second-order valence-electron chi connectivity index (χ2n) is 6.41. The molecule has 1 aliphatic rings. The van der Waals surface area contributed by atoms with Crippen LogP contribution in [0.4, 0.5) is 10.1 Å². The van der Waals surface area contributed by atoms with Gasteiger partial charge in [0.25, 0.3) is 0 Å². The fraction of sp³-hybridized carbons (Fsp3) is 0.211. The zero-order valence-corrected chi connectivity index (χ0v) is 14.0. The molecule has 7 heteroatoms. The molecule has 26 heavy (non-hydrogen) atoms. The van der Waals surface area contributed by atoms with Crippen molar-refractivity contribution in [1.29, 1.82) is 0 Å². The third-order valence-electron chi connectivity index (χ3n) is 4.55. The number of rotatable bonds is 3. The SMILES string of the molecule is C[C@H](NC(=O)[C@H]1CC(=O)Nc2cc(F)ccc21)c1nc2ccccc2[nH]1. The fourth-order valence-electron chi connectivity index (χ4n) is 3.23. The van der Waals surface area contributed by atoms with E-state index < -0.39 is 11.7 Å². The van der Waals surface area contributed by atoms with Crippen LogP contribution in [-0.4, -0.2) is 21.8 Å². The van der Waals surface area contributed by atoms with Crippen LogP contribution in [0.1, 0.15) is 36.7 Å². The molecule has 0 aliphatic carbocycles. The van der Waals surface area contributed by atoms with Crippen molar-refractivity contribution in [3.8, 4) is 0 Å². The van der Waals surface area contributed by atoms with Crippen LogP contribution in [0.5, 0.6) is 0 Å². The van der Waals surface area contributed by atoms with E-state index in [9.17, 15) is 14.0 Å². The summed E-state index contributed by atoms with van der Waals surface area (Å²) in [5.41, 5.74) is 2.67. The van der Waals surface area contributed by atoms with Crippen molar-refractivity contribution in [3.63, 3.8) is 0 Å². The van der Waals surface area contributed by atoms with Crippen LogP contribution in [0.25, 0.3) is 11.0 Å². The summed E-state index contributed by atoms with van der Waals surface area (Å²) in [4.78, 5) is 32.3. The standard InChI is InChI=1S/C19H17FN4O2/c1-10(18-23-14-4-2-3-5-15(14)24-18)21-19(26)13-9-17(25)22-16-8-11(20)6-7-12(13)16/h2-8,10,13H,9H2,1H3,(H,21,26)(H,22,25)(H,23,24)/t10-,13-/m0/s1. The lowest BCUT2D eigenvalue weighted by atomic mass is 9.89. The van der Waals surface area contributed by atoms with E-state index in [1.165, 1.54) is 12.1 Å². The van der Waals surface area contributed by atoms with Crippen LogP contribution in [0.15, 0.2) is 42.5 Å². The molecule has 2 amide bonds. The molecule has 0 bridgehead atoms. The second kappa shape index (κ2) is 6.25. The smallest absolute Gasteiger partial charge is 0.228 e. The number of halogens is 1. The van der Waals surface area contributed by atoms with E-state index in [1.54, 1.807) is 6.07 Å². The molecular weight excluding hydrogens is 335 g/mol. The number of anilines is 1. The second-order valence-corrected chi connectivity index (χ2v) is 6.41. The van der Waals surface area contributed by atoms with Crippen molar-refractivity contribution in [3.05, 3.63) is 59.7 Å². The van der Waals surface area contributed by atoms with Crippen LogP contribution in [-0.2, 0) is 9.59 Å². The average Bonchev–Trinajstić information content (AvgIpc) is 3.04. The molecule has 1 aromatic heterocycles. The van der Waals surface area contributed by atoms with Gasteiger partial charge in [0.05, 0.1) is 23.0 Å². The molecule has 0 saturated heterocycles. The molecule has 3 N–H and O–H groups in total. The van der Waals surface area contributed by atoms with Crippen LogP contribution in [0, 0.1) is 5.82 Å². The highest BCUT2D eigenvalue weighted by molar-refractivity contribution is 6.01. The maximum atomic E-state index is 13.4. The topological polar surface area (TPSA) is 86.9 Å². The maximum Gasteiger partial charge on any atom is 0.228 e. The normalized spacial score (nSPS) is 17.5. The van der Waals surface area contributed by atoms with E-state index >= 15 is 0 Å². The van der Waals surface area contributed by atoms with E-state index in [0.717, 1.165) is 11.0 Å². The van der Waals surface area contributed by atoms with Crippen LogP contribution < -0.4 is 10.6 Å². The molecule has 0 fully saturated rings. The Morgan fingerprint density at radius 3 is 2.92 bits per heavy atom. The Morgan fingerprint density at radius 1 is 1.31 bits per heavy atom. The van der Waals surface area contributed by atoms with Gasteiger partial charge in [0.15, 0.2) is 0 Å². The summed E-state index contributed by atoms with van der Waals surface area (Å²) < 4.78 is 13.4. The van der Waals surface area contributed by atoms with Crippen molar-refractivity contribution in [1.82, 2.24) is 15.3 Å². The summed E-state index contributed by atoms with van der Waals surface area (Å²) >= 11 is 0. The number of aromatic amines is 1. The number of aromatic nitrogens is 2. The van der Waals surface area contributed by atoms with Gasteiger partial charge in [-0.15, -0.1) is 0 Å². The van der Waals surface area contributed by atoms with E-state index in [1.807, 2.05) is 31.2 Å². The Kier molecular flexibility index (Phi) is 3.91. The van der Waals surface area contributed by atoms with Gasteiger partial charge < -0.3 is 15.6 Å². The van der Waals surface area contributed by atoms with Gasteiger partial charge in [0.1, 0.15) is 11.6 Å². The number of hydrogen-bond acceptors (Lipinski definition) is 3. The number of nitrogens with one attached hydrogen (secondary N) is 3. The Balaban J connectivity index is 1.57. The van der Waals surface area contributed by atoms with Gasteiger partial charge in [-0.1, -0.05) is 18.2 Å². The Bertz CT molecular complexity index is 981. The molecule has 132 valence electrons. The highest BCUT2D eigenvalue weighted by atomic mass is 19.1. The quantitative estimate of drug-likeness (QED) is 0.677. The van der Waals surface area contributed by atoms with Crippen molar-refractivity contribution >= 4 is 28.5 Å². The number of para-hydroxylation sites is 2. The van der Waals surface area contributed by atoms with E-state index in [2.05, 4.69) is 20.6 Å². The molecule has 2 aromatic carbocycles. The zero-order valence-electron chi connectivity index (χ0n) is 14.0. The lowest BCUT2D eigenvalue weighted by molar-refractivity contribution is -0.126. The summed E-state index contributed by atoms with van der Waals surface area (Å²) in [6.07, 6.45) is 0.0251. The lowest BCUT2D eigenvalue weighted by Gasteiger charge is -2.26. The third kappa shape index (κ3) is 2.92. The average molecular weight is 352 g/mol. The van der Waals surface area contributed by atoms with Gasteiger partial charge in [-0.25, -0.2) is 9.37 Å². The van der Waals surface area contributed by atoms with Gasteiger partial charge in [-0.05, 0) is 36.8 Å². The first-order chi connectivity index (χ1) is 12.5. The molecule has 0 unspecified atom stereocenters. The summed E-state index contributed by atoms with van der Waals surface area (Å²) in [6.45, 7) is 1.82. The monoisotopic (exact) mass is 352 g/mol. The highest BCUT2D eigenvalue weighted by Crippen LogP contribution is 2.33. The molecule has 3 aromatic rings. The van der Waals surface area contributed by atoms with Gasteiger partial charge in [-0.2, -0.15) is 0 Å². The first kappa shape index (κ1) is 16.3. The van der Waals surface area contributed by atoms with Crippen LogP contribution >= 0.6 is 0 Å². The Morgan fingerprint density at radius 2 is 2.12 bits per heavy atom. The third-order valence-corrected chi connectivity index (χ3v) is 4.55. The largest absolute Gasteiger partial charge is 0.346 e. The number of hydrogen-bond donors (Lipinski definition) is 3. The molecular formula is C19H17FN4O2. The van der Waals surface area contributed by atoms with E-state index in [-0.39, 0.29) is 24.3 Å². The number of benzene rings is 2. The molecule has 2 atom stereocenters. The minimum absolute atomic E-state index is 0.0251. The van der Waals surface area contributed by atoms with Crippen LogP contribution in [0.2, 0.25) is 0 Å². The number of nitrogens with zero attached hydrogens (tertiary/aromatic N) is 1. The maximum absolute atomic E-state index is 13.4. The number of H-pyrrole nitrogens is 1. The number of carbonyl (C=O) groups excluding carboxylic acids is 2. The molecule has 2 heterocycles. The van der Waals surface area contributed by atoms with Crippen molar-refractivity contribution in [2.24, 2.45) is 0 Å². The molecule has 0 radical (unpaired) electrons. The lowest BCUT2D eigenvalue weighted by Crippen LogP contribution is -2.36. The zero-order chi connectivity index (χ0) is 18.3. The first-order valence-corrected chi connectivity index (χ1v) is 8.35. The molecule has 0 spiro atoms. The summed E-state index contributed by atoms with van der Waals surface area (Å²) in [7, 11) is 0. The number of imidazole rings is 1. The van der Waals surface area contributed by atoms with Gasteiger partial charge in [0, 0.05) is 12.1 Å². The Hall–Kier alpha value is -3.22. The highest BCUT2D eigenvalue weighted by Gasteiger charge is 2.32. The first-order valence-electron chi connectivity index (χ1n) is 8.35. The summed E-state index contributed by atoms with van der Waals surface area (Å²) in [5.74, 6) is -1.08. The Labute approximate surface area is 148 Å². The van der Waals surface area contributed by atoms with Crippen molar-refractivity contribution in [2.45, 2.75) is 25.3 Å². The predicted molar refractivity (Wildman–Crippen MR) is 95.0 cm³/mol. The van der Waals surface area contributed by atoms with E-state index in [0.29, 0.717) is 17.1 Å². The van der Waals surface area contributed by atoms with Crippen molar-refractivity contribution < 1.29 is 14.0 Å². The number of carbonyl (C=O) groups is 2. The molecule has 0 saturated carbocycles. The van der Waals surface area contributed by atoms with Crippen molar-refractivity contribution in [2.75, 3.05) is 5.32 Å². The van der Waals surface area contributed by atoms with Gasteiger partial charge in [0.2, 0.25) is 11.8 Å². The van der Waals surface area contributed by atoms with E-state index in [4.69, 9.17) is 0 Å². The number of amides is 2. The summed E-state index contributed by atoms with van der Waals surface area (Å²) in [5, 5.41) is 5.51.